The van der Waals surface area contributed by atoms with Gasteiger partial charge in [0.25, 0.3) is 0 Å². The smallest absolute Gasteiger partial charge is 0.121 e. The van der Waals surface area contributed by atoms with E-state index in [1.807, 2.05) is 24.3 Å². The fourth-order valence-corrected chi connectivity index (χ4v) is 3.18. The highest BCUT2D eigenvalue weighted by Crippen LogP contribution is 2.38. The first-order chi connectivity index (χ1) is 9.84. The number of benzene rings is 2. The second-order valence-electron chi connectivity index (χ2n) is 5.28. The van der Waals surface area contributed by atoms with Crippen LogP contribution in [0.3, 0.4) is 0 Å². The zero-order chi connectivity index (χ0) is 13.5. The van der Waals surface area contributed by atoms with E-state index in [4.69, 9.17) is 0 Å². The molecule has 1 unspecified atom stereocenters. The van der Waals surface area contributed by atoms with Crippen molar-refractivity contribution < 1.29 is 5.11 Å². The number of aromatic amines is 1. The maximum absolute atomic E-state index is 10.4. The van der Waals surface area contributed by atoms with Crippen molar-refractivity contribution in [2.24, 2.45) is 0 Å². The van der Waals surface area contributed by atoms with Gasteiger partial charge in [-0.3, -0.25) is 0 Å². The predicted molar refractivity (Wildman–Crippen MR) is 80.0 cm³/mol. The van der Waals surface area contributed by atoms with E-state index >= 15 is 0 Å². The molecular weight excluding hydrogens is 248 g/mol. The first kappa shape index (κ1) is 11.6. The number of aromatic hydroxyl groups is 1. The molecule has 4 rings (SSSR count). The zero-order valence-corrected chi connectivity index (χ0v) is 11.1. The van der Waals surface area contributed by atoms with Crippen molar-refractivity contribution in [2.75, 3.05) is 6.54 Å². The number of phenolic OH excluding ortho intramolecular Hbond substituents is 1. The lowest BCUT2D eigenvalue weighted by molar-refractivity contribution is 0.460. The van der Waals surface area contributed by atoms with E-state index in [0.717, 1.165) is 24.0 Å². The van der Waals surface area contributed by atoms with Gasteiger partial charge in [0.15, 0.2) is 0 Å². The van der Waals surface area contributed by atoms with E-state index < -0.39 is 0 Å². The summed E-state index contributed by atoms with van der Waals surface area (Å²) in [4.78, 5) is 3.31. The van der Waals surface area contributed by atoms with Crippen molar-refractivity contribution in [1.82, 2.24) is 10.3 Å². The third kappa shape index (κ3) is 1.63. The molecule has 0 amide bonds. The Morgan fingerprint density at radius 2 is 1.90 bits per heavy atom. The molecule has 1 aromatic heterocycles. The molecule has 3 nitrogen and oxygen atoms in total. The fourth-order valence-electron chi connectivity index (χ4n) is 3.18. The third-order valence-corrected chi connectivity index (χ3v) is 4.11. The monoisotopic (exact) mass is 264 g/mol. The van der Waals surface area contributed by atoms with Crippen molar-refractivity contribution in [3.8, 4) is 5.75 Å². The lowest BCUT2D eigenvalue weighted by Crippen LogP contribution is -2.23. The first-order valence-electron chi connectivity index (χ1n) is 6.95. The Hall–Kier alpha value is -2.26. The molecule has 1 aliphatic rings. The lowest BCUT2D eigenvalue weighted by Gasteiger charge is -2.19. The minimum atomic E-state index is 0.0388. The highest BCUT2D eigenvalue weighted by Gasteiger charge is 2.24. The number of nitrogens with one attached hydrogen (secondary N) is 2. The van der Waals surface area contributed by atoms with E-state index in [1.54, 1.807) is 6.07 Å². The summed E-state index contributed by atoms with van der Waals surface area (Å²) < 4.78 is 0. The Bertz CT molecular complexity index is 761. The van der Waals surface area contributed by atoms with Gasteiger partial charge in [-0.25, -0.2) is 0 Å². The summed E-state index contributed by atoms with van der Waals surface area (Å²) >= 11 is 0. The highest BCUT2D eigenvalue weighted by molar-refractivity contribution is 5.90. The van der Waals surface area contributed by atoms with E-state index in [0.29, 0.717) is 5.75 Å². The number of hydrogen-bond acceptors (Lipinski definition) is 2. The predicted octanol–water partition coefficient (Wildman–Crippen LogP) is 3.11. The van der Waals surface area contributed by atoms with Gasteiger partial charge >= 0.3 is 0 Å². The van der Waals surface area contributed by atoms with E-state index in [-0.39, 0.29) is 6.04 Å². The second kappa shape index (κ2) is 4.39. The first-order valence-corrected chi connectivity index (χ1v) is 6.95. The van der Waals surface area contributed by atoms with Crippen LogP contribution in [0.4, 0.5) is 0 Å². The van der Waals surface area contributed by atoms with Gasteiger partial charge in [0.1, 0.15) is 5.75 Å². The van der Waals surface area contributed by atoms with Gasteiger partial charge in [0.05, 0.1) is 6.04 Å². The van der Waals surface area contributed by atoms with Crippen molar-refractivity contribution in [1.29, 1.82) is 0 Å². The average molecular weight is 264 g/mol. The molecule has 2 heterocycles. The normalized spacial score (nSPS) is 18.1. The van der Waals surface area contributed by atoms with Crippen LogP contribution in [0.1, 0.15) is 22.7 Å². The molecule has 3 N–H and O–H groups in total. The largest absolute Gasteiger partial charge is 0.508 e. The SMILES string of the molecule is Oc1ccc2[nH]cc3c2c1C(c1ccccc1)NCC3. The molecule has 0 bridgehead atoms. The van der Waals surface area contributed by atoms with Crippen LogP contribution in [0.2, 0.25) is 0 Å². The molecule has 0 spiro atoms. The number of phenols is 1. The highest BCUT2D eigenvalue weighted by atomic mass is 16.3. The fraction of sp³-hybridized carbons (Fsp3) is 0.176. The number of rotatable bonds is 1. The van der Waals surface area contributed by atoms with Crippen molar-refractivity contribution in [3.05, 3.63) is 65.4 Å². The molecule has 0 radical (unpaired) electrons. The van der Waals surface area contributed by atoms with Gasteiger partial charge < -0.3 is 15.4 Å². The Balaban J connectivity index is 2.01. The quantitative estimate of drug-likeness (QED) is 0.632. The van der Waals surface area contributed by atoms with Gasteiger partial charge in [-0.1, -0.05) is 30.3 Å². The molecular formula is C17H16N2O. The van der Waals surface area contributed by atoms with Crippen molar-refractivity contribution >= 4 is 10.9 Å². The van der Waals surface area contributed by atoms with Crippen LogP contribution in [0.15, 0.2) is 48.7 Å². The summed E-state index contributed by atoms with van der Waals surface area (Å²) in [5.41, 5.74) is 4.54. The van der Waals surface area contributed by atoms with Crippen LogP contribution in [0, 0.1) is 0 Å². The Morgan fingerprint density at radius 1 is 1.05 bits per heavy atom. The Morgan fingerprint density at radius 3 is 2.75 bits per heavy atom. The molecule has 0 saturated heterocycles. The molecule has 0 saturated carbocycles. The van der Waals surface area contributed by atoms with E-state index in [9.17, 15) is 5.11 Å². The van der Waals surface area contributed by atoms with Gasteiger partial charge in [-0.15, -0.1) is 0 Å². The third-order valence-electron chi connectivity index (χ3n) is 4.11. The van der Waals surface area contributed by atoms with Crippen LogP contribution in [0.5, 0.6) is 5.75 Å². The Kier molecular flexibility index (Phi) is 2.54. The minimum Gasteiger partial charge on any atom is -0.508 e. The average Bonchev–Trinajstić information content (AvgIpc) is 2.78. The summed E-state index contributed by atoms with van der Waals surface area (Å²) in [5.74, 6) is 0.363. The topological polar surface area (TPSA) is 48.0 Å². The maximum Gasteiger partial charge on any atom is 0.121 e. The zero-order valence-electron chi connectivity index (χ0n) is 11.1. The van der Waals surface area contributed by atoms with Gasteiger partial charge in [-0.05, 0) is 29.7 Å². The molecule has 0 fully saturated rings. The minimum absolute atomic E-state index is 0.0388. The lowest BCUT2D eigenvalue weighted by atomic mass is 9.94. The molecule has 1 aliphatic heterocycles. The summed E-state index contributed by atoms with van der Waals surface area (Å²) in [6, 6.07) is 14.1. The van der Waals surface area contributed by atoms with Gasteiger partial charge in [0.2, 0.25) is 0 Å². The number of hydrogen-bond donors (Lipinski definition) is 3. The van der Waals surface area contributed by atoms with E-state index in [2.05, 4.69) is 28.6 Å². The van der Waals surface area contributed by atoms with Gasteiger partial charge in [0, 0.05) is 29.2 Å². The summed E-state index contributed by atoms with van der Waals surface area (Å²) in [6.45, 7) is 0.903. The molecule has 100 valence electrons. The number of H-pyrrole nitrogens is 1. The summed E-state index contributed by atoms with van der Waals surface area (Å²) in [6.07, 6.45) is 3.03. The molecule has 2 aromatic carbocycles. The molecule has 0 aliphatic carbocycles. The molecule has 20 heavy (non-hydrogen) atoms. The van der Waals surface area contributed by atoms with Crippen LogP contribution in [-0.2, 0) is 6.42 Å². The van der Waals surface area contributed by atoms with Crippen LogP contribution in [-0.4, -0.2) is 16.6 Å². The van der Waals surface area contributed by atoms with Crippen molar-refractivity contribution in [3.63, 3.8) is 0 Å². The molecule has 1 atom stereocenters. The van der Waals surface area contributed by atoms with Crippen molar-refractivity contribution in [2.45, 2.75) is 12.5 Å². The van der Waals surface area contributed by atoms with Crippen LogP contribution < -0.4 is 5.32 Å². The second-order valence-corrected chi connectivity index (χ2v) is 5.28. The van der Waals surface area contributed by atoms with Crippen LogP contribution in [0.25, 0.3) is 10.9 Å². The summed E-state index contributed by atoms with van der Waals surface area (Å²) in [5, 5.41) is 15.1. The van der Waals surface area contributed by atoms with Crippen LogP contribution >= 0.6 is 0 Å². The Labute approximate surface area is 117 Å². The molecule has 3 heteroatoms. The maximum atomic E-state index is 10.4. The summed E-state index contributed by atoms with van der Waals surface area (Å²) in [7, 11) is 0. The van der Waals surface area contributed by atoms with Gasteiger partial charge in [-0.2, -0.15) is 0 Å². The van der Waals surface area contributed by atoms with E-state index in [1.165, 1.54) is 16.5 Å². The molecule has 3 aromatic rings. The standard InChI is InChI=1S/C17H16N2O/c20-14-7-6-13-15-12(10-19-13)8-9-18-17(16(14)15)11-4-2-1-3-5-11/h1-7,10,17-20H,8-9H2. The number of aromatic nitrogens is 1.